The third-order valence-corrected chi connectivity index (χ3v) is 4.96. The molecule has 0 radical (unpaired) electrons. The van der Waals surface area contributed by atoms with Crippen LogP contribution in [-0.2, 0) is 12.6 Å². The van der Waals surface area contributed by atoms with Crippen LogP contribution in [0.3, 0.4) is 0 Å². The summed E-state index contributed by atoms with van der Waals surface area (Å²) in [6, 6.07) is 15.3. The molecule has 31 heavy (non-hydrogen) atoms. The van der Waals surface area contributed by atoms with Crippen LogP contribution in [0.25, 0.3) is 16.8 Å². The van der Waals surface area contributed by atoms with Gasteiger partial charge in [0.05, 0.1) is 16.9 Å². The number of carbonyl (C=O) groups excluding carboxylic acids is 1. The number of pyridine rings is 1. The summed E-state index contributed by atoms with van der Waals surface area (Å²) in [5.74, 6) is -0.271. The van der Waals surface area contributed by atoms with E-state index in [2.05, 4.69) is 17.2 Å². The van der Waals surface area contributed by atoms with Crippen LogP contribution in [0, 0.1) is 0 Å². The van der Waals surface area contributed by atoms with Crippen LogP contribution < -0.4 is 5.32 Å². The number of nitrogens with one attached hydrogen (secondary N) is 1. The number of carbonyl (C=O) groups is 1. The Morgan fingerprint density at radius 2 is 1.58 bits per heavy atom. The van der Waals surface area contributed by atoms with E-state index in [0.29, 0.717) is 16.8 Å². The molecule has 2 aromatic heterocycles. The summed E-state index contributed by atoms with van der Waals surface area (Å²) in [6.07, 6.45) is 1.31. The second-order valence-electron chi connectivity index (χ2n) is 7.27. The fourth-order valence-corrected chi connectivity index (χ4v) is 3.36. The number of aryl methyl sites for hydroxylation is 1. The predicted octanol–water partition coefficient (Wildman–Crippen LogP) is 6.22. The molecule has 1 amide bonds. The molecule has 4 aromatic rings. The molecule has 2 aromatic carbocycles. The van der Waals surface area contributed by atoms with Crippen molar-refractivity contribution in [3.8, 4) is 11.1 Å². The van der Waals surface area contributed by atoms with Gasteiger partial charge >= 0.3 is 6.18 Å². The van der Waals surface area contributed by atoms with Gasteiger partial charge in [-0.25, -0.2) is 4.98 Å². The average Bonchev–Trinajstić information content (AvgIpc) is 3.15. The molecule has 0 fully saturated rings. The van der Waals surface area contributed by atoms with E-state index in [1.165, 1.54) is 12.1 Å². The molecule has 0 atom stereocenters. The highest BCUT2D eigenvalue weighted by atomic mass is 19.4. The van der Waals surface area contributed by atoms with Gasteiger partial charge in [0.1, 0.15) is 5.65 Å². The predicted molar refractivity (Wildman–Crippen MR) is 114 cm³/mol. The van der Waals surface area contributed by atoms with Crippen molar-refractivity contribution < 1.29 is 18.0 Å². The Kier molecular flexibility index (Phi) is 5.50. The summed E-state index contributed by atoms with van der Waals surface area (Å²) < 4.78 is 40.0. The lowest BCUT2D eigenvalue weighted by atomic mass is 10.0. The molecule has 1 N–H and O–H groups in total. The fourth-order valence-electron chi connectivity index (χ4n) is 3.36. The topological polar surface area (TPSA) is 46.4 Å². The average molecular weight is 423 g/mol. The van der Waals surface area contributed by atoms with Crippen LogP contribution in [0.15, 0.2) is 73.1 Å². The zero-order valence-corrected chi connectivity index (χ0v) is 16.8. The molecule has 0 aliphatic carbocycles. The minimum Gasteiger partial charge on any atom is -0.321 e. The van der Waals surface area contributed by atoms with Crippen LogP contribution in [0.2, 0.25) is 0 Å². The minimum absolute atomic E-state index is 0.271. The van der Waals surface area contributed by atoms with Gasteiger partial charge in [-0.05, 0) is 53.9 Å². The Bertz CT molecular complexity index is 1210. The van der Waals surface area contributed by atoms with Crippen molar-refractivity contribution >= 4 is 17.2 Å². The van der Waals surface area contributed by atoms with E-state index in [4.69, 9.17) is 0 Å². The summed E-state index contributed by atoms with van der Waals surface area (Å²) in [6.45, 7) is 2.10. The van der Waals surface area contributed by atoms with Gasteiger partial charge < -0.3 is 9.72 Å². The highest BCUT2D eigenvalue weighted by Gasteiger charge is 2.29. The fraction of sp³-hybridized carbons (Fsp3) is 0.167. The van der Waals surface area contributed by atoms with Crippen LogP contribution in [0.1, 0.15) is 35.0 Å². The number of benzene rings is 2. The standard InChI is InChI=1S/C24H20F3N3O/c1-2-3-20-14-30-15-21(12-13-22(30)28-20)29-23(31)18-6-4-16(5-7-18)17-8-10-19(11-9-17)24(25,26)27/h4-15H,2-3H2,1H3,(H,29,31). The number of amides is 1. The van der Waals surface area contributed by atoms with E-state index < -0.39 is 11.7 Å². The van der Waals surface area contributed by atoms with Crippen LogP contribution >= 0.6 is 0 Å². The first-order valence-electron chi connectivity index (χ1n) is 9.90. The molecular weight excluding hydrogens is 403 g/mol. The van der Waals surface area contributed by atoms with Crippen molar-refractivity contribution in [2.24, 2.45) is 0 Å². The van der Waals surface area contributed by atoms with Crippen molar-refractivity contribution in [2.75, 3.05) is 5.32 Å². The van der Waals surface area contributed by atoms with Gasteiger partial charge in [-0.3, -0.25) is 4.79 Å². The largest absolute Gasteiger partial charge is 0.416 e. The molecule has 0 aliphatic heterocycles. The second-order valence-corrected chi connectivity index (χ2v) is 7.27. The number of hydrogen-bond acceptors (Lipinski definition) is 2. The number of anilines is 1. The Labute approximate surface area is 177 Å². The molecule has 2 heterocycles. The zero-order chi connectivity index (χ0) is 22.0. The van der Waals surface area contributed by atoms with Gasteiger partial charge in [0.15, 0.2) is 0 Å². The van der Waals surface area contributed by atoms with Crippen molar-refractivity contribution in [1.29, 1.82) is 0 Å². The van der Waals surface area contributed by atoms with Gasteiger partial charge in [-0.15, -0.1) is 0 Å². The number of nitrogens with zero attached hydrogens (tertiary/aromatic N) is 2. The number of halogens is 3. The molecule has 4 rings (SSSR count). The van der Waals surface area contributed by atoms with E-state index in [0.717, 1.165) is 41.9 Å². The van der Waals surface area contributed by atoms with Crippen molar-refractivity contribution in [3.63, 3.8) is 0 Å². The van der Waals surface area contributed by atoms with Crippen molar-refractivity contribution in [1.82, 2.24) is 9.38 Å². The van der Waals surface area contributed by atoms with Gasteiger partial charge in [-0.2, -0.15) is 13.2 Å². The van der Waals surface area contributed by atoms with Gasteiger partial charge in [0.25, 0.3) is 5.91 Å². The Hall–Kier alpha value is -3.61. The Balaban J connectivity index is 1.47. The number of hydrogen-bond donors (Lipinski definition) is 1. The van der Waals surface area contributed by atoms with E-state index >= 15 is 0 Å². The Morgan fingerprint density at radius 3 is 2.19 bits per heavy atom. The maximum Gasteiger partial charge on any atom is 0.416 e. The van der Waals surface area contributed by atoms with Gasteiger partial charge in [0.2, 0.25) is 0 Å². The molecule has 0 aliphatic rings. The number of aromatic nitrogens is 2. The van der Waals surface area contributed by atoms with Crippen LogP contribution in [0.4, 0.5) is 18.9 Å². The maximum absolute atomic E-state index is 12.7. The second kappa shape index (κ2) is 8.26. The third kappa shape index (κ3) is 4.60. The van der Waals surface area contributed by atoms with E-state index in [1.54, 1.807) is 30.3 Å². The van der Waals surface area contributed by atoms with Crippen LogP contribution in [-0.4, -0.2) is 15.3 Å². The Morgan fingerprint density at radius 1 is 0.935 bits per heavy atom. The smallest absolute Gasteiger partial charge is 0.321 e. The summed E-state index contributed by atoms with van der Waals surface area (Å²) in [7, 11) is 0. The molecular formula is C24H20F3N3O. The zero-order valence-electron chi connectivity index (χ0n) is 16.8. The summed E-state index contributed by atoms with van der Waals surface area (Å²) in [4.78, 5) is 17.1. The SMILES string of the molecule is CCCc1cn2cc(NC(=O)c3ccc(-c4ccc(C(F)(F)F)cc4)cc3)ccc2n1. The first-order chi connectivity index (χ1) is 14.8. The van der Waals surface area contributed by atoms with Crippen LogP contribution in [0.5, 0.6) is 0 Å². The highest BCUT2D eigenvalue weighted by Crippen LogP contribution is 2.31. The van der Waals surface area contributed by atoms with Crippen molar-refractivity contribution in [3.05, 3.63) is 89.9 Å². The summed E-state index contributed by atoms with van der Waals surface area (Å²) in [5.41, 5.74) is 3.61. The quantitative estimate of drug-likeness (QED) is 0.414. The lowest BCUT2D eigenvalue weighted by molar-refractivity contribution is -0.137. The normalized spacial score (nSPS) is 11.6. The van der Waals surface area contributed by atoms with E-state index in [-0.39, 0.29) is 5.91 Å². The molecule has 0 bridgehead atoms. The molecule has 0 unspecified atom stereocenters. The lowest BCUT2D eigenvalue weighted by Crippen LogP contribution is -2.12. The third-order valence-electron chi connectivity index (χ3n) is 4.96. The molecule has 0 saturated carbocycles. The minimum atomic E-state index is -4.36. The highest BCUT2D eigenvalue weighted by molar-refractivity contribution is 6.04. The number of fused-ring (bicyclic) bond motifs is 1. The maximum atomic E-state index is 12.7. The van der Waals surface area contributed by atoms with Gasteiger partial charge in [0, 0.05) is 18.0 Å². The van der Waals surface area contributed by atoms with Gasteiger partial charge in [-0.1, -0.05) is 37.6 Å². The first-order valence-corrected chi connectivity index (χ1v) is 9.90. The first kappa shape index (κ1) is 20.7. The summed E-state index contributed by atoms with van der Waals surface area (Å²) in [5, 5.41) is 2.86. The number of rotatable bonds is 5. The van der Waals surface area contributed by atoms with E-state index in [9.17, 15) is 18.0 Å². The number of imidazole rings is 1. The monoisotopic (exact) mass is 423 g/mol. The lowest BCUT2D eigenvalue weighted by Gasteiger charge is -2.09. The molecule has 0 saturated heterocycles. The molecule has 7 heteroatoms. The molecule has 4 nitrogen and oxygen atoms in total. The van der Waals surface area contributed by atoms with Crippen molar-refractivity contribution in [2.45, 2.75) is 25.9 Å². The summed E-state index contributed by atoms with van der Waals surface area (Å²) >= 11 is 0. The molecule has 0 spiro atoms. The number of alkyl halides is 3. The molecule has 158 valence electrons. The van der Waals surface area contributed by atoms with E-state index in [1.807, 2.05) is 22.9 Å².